The third-order valence-corrected chi connectivity index (χ3v) is 4.63. The van der Waals surface area contributed by atoms with E-state index >= 15 is 0 Å². The molecule has 0 spiro atoms. The molecule has 1 heterocycles. The first kappa shape index (κ1) is 22.8. The van der Waals surface area contributed by atoms with Crippen molar-refractivity contribution >= 4 is 5.97 Å². The molecule has 0 saturated heterocycles. The summed E-state index contributed by atoms with van der Waals surface area (Å²) in [5.74, 6) is 1.51. The second-order valence-electron chi connectivity index (χ2n) is 8.01. The van der Waals surface area contributed by atoms with Gasteiger partial charge in [-0.15, -0.1) is 0 Å². The van der Waals surface area contributed by atoms with Crippen molar-refractivity contribution in [3.05, 3.63) is 42.0 Å². The van der Waals surface area contributed by atoms with Gasteiger partial charge in [0.2, 0.25) is 6.79 Å². The molecule has 0 aromatic heterocycles. The van der Waals surface area contributed by atoms with Gasteiger partial charge in [-0.25, -0.2) is 0 Å². The summed E-state index contributed by atoms with van der Waals surface area (Å²) in [5.41, 5.74) is 3.14. The van der Waals surface area contributed by atoms with Gasteiger partial charge in [-0.2, -0.15) is 0 Å². The SMILES string of the molecule is CN(CCOc1ccc(-c2ccc3c(c2)OCO3)cc1C(C)(C)C)CC(=O)O.[Cl-]. The summed E-state index contributed by atoms with van der Waals surface area (Å²) < 4.78 is 16.9. The van der Waals surface area contributed by atoms with Crippen LogP contribution < -0.4 is 26.6 Å². The van der Waals surface area contributed by atoms with E-state index in [0.29, 0.717) is 13.2 Å². The summed E-state index contributed by atoms with van der Waals surface area (Å²) in [4.78, 5) is 12.5. The Morgan fingerprint density at radius 2 is 1.76 bits per heavy atom. The normalized spacial score (nSPS) is 12.6. The molecule has 1 aliphatic heterocycles. The standard InChI is InChI=1S/C22H27NO5.ClH/c1-22(2,3)17-11-15(16-6-8-19-20(12-16)28-14-27-19)5-7-18(17)26-10-9-23(4)13-21(24)25;/h5-8,11-12H,9-10,13-14H2,1-4H3,(H,24,25);1H/p-1. The molecule has 3 rings (SSSR count). The summed E-state index contributed by atoms with van der Waals surface area (Å²) in [5, 5.41) is 8.85. The number of benzene rings is 2. The average Bonchev–Trinajstić information content (AvgIpc) is 3.08. The highest BCUT2D eigenvalue weighted by Gasteiger charge is 2.21. The Balaban J connectivity index is 0.00000300. The number of fused-ring (bicyclic) bond motifs is 1. The lowest BCUT2D eigenvalue weighted by atomic mass is 9.84. The maximum atomic E-state index is 10.8. The number of carboxylic acids is 1. The lowest BCUT2D eigenvalue weighted by Crippen LogP contribution is -3.00. The van der Waals surface area contributed by atoms with Crippen molar-refractivity contribution in [3.63, 3.8) is 0 Å². The van der Waals surface area contributed by atoms with Gasteiger partial charge in [0.05, 0.1) is 6.54 Å². The third-order valence-electron chi connectivity index (χ3n) is 4.63. The minimum atomic E-state index is -0.842. The van der Waals surface area contributed by atoms with E-state index < -0.39 is 5.97 Å². The van der Waals surface area contributed by atoms with Crippen LogP contribution in [-0.4, -0.2) is 49.5 Å². The zero-order valence-electron chi connectivity index (χ0n) is 17.2. The number of hydrogen-bond acceptors (Lipinski definition) is 5. The van der Waals surface area contributed by atoms with Crippen molar-refractivity contribution < 1.29 is 36.5 Å². The number of carbonyl (C=O) groups is 1. The summed E-state index contributed by atoms with van der Waals surface area (Å²) in [6, 6.07) is 12.1. The highest BCUT2D eigenvalue weighted by atomic mass is 35.5. The summed E-state index contributed by atoms with van der Waals surface area (Å²) in [7, 11) is 1.77. The smallest absolute Gasteiger partial charge is 0.317 e. The molecule has 2 aromatic rings. The van der Waals surface area contributed by atoms with Gasteiger partial charge in [-0.05, 0) is 47.9 Å². The second-order valence-corrected chi connectivity index (χ2v) is 8.01. The van der Waals surface area contributed by atoms with Crippen LogP contribution in [0.3, 0.4) is 0 Å². The van der Waals surface area contributed by atoms with E-state index in [1.165, 1.54) is 0 Å². The van der Waals surface area contributed by atoms with Crippen LogP contribution in [0.25, 0.3) is 11.1 Å². The fourth-order valence-electron chi connectivity index (χ4n) is 3.12. The van der Waals surface area contributed by atoms with E-state index in [9.17, 15) is 4.79 Å². The van der Waals surface area contributed by atoms with Crippen LogP contribution in [0.5, 0.6) is 17.2 Å². The van der Waals surface area contributed by atoms with E-state index in [0.717, 1.165) is 33.9 Å². The Bertz CT molecular complexity index is 863. The Morgan fingerprint density at radius 3 is 2.45 bits per heavy atom. The first-order valence-corrected chi connectivity index (χ1v) is 9.32. The van der Waals surface area contributed by atoms with Gasteiger partial charge in [0.25, 0.3) is 0 Å². The molecule has 1 aliphatic rings. The third kappa shape index (κ3) is 5.78. The van der Waals surface area contributed by atoms with Gasteiger partial charge < -0.3 is 31.7 Å². The Labute approximate surface area is 177 Å². The first-order valence-electron chi connectivity index (χ1n) is 9.32. The van der Waals surface area contributed by atoms with Gasteiger partial charge in [0.15, 0.2) is 11.5 Å². The van der Waals surface area contributed by atoms with Gasteiger partial charge in [0, 0.05) is 12.1 Å². The zero-order chi connectivity index (χ0) is 20.3. The molecule has 0 fully saturated rings. The predicted octanol–water partition coefficient (Wildman–Crippen LogP) is 0.779. The van der Waals surface area contributed by atoms with E-state index in [-0.39, 0.29) is 31.2 Å². The molecule has 0 radical (unpaired) electrons. The van der Waals surface area contributed by atoms with Crippen molar-refractivity contribution in [2.45, 2.75) is 26.2 Å². The van der Waals surface area contributed by atoms with Crippen LogP contribution in [0, 0.1) is 0 Å². The maximum Gasteiger partial charge on any atom is 0.317 e. The van der Waals surface area contributed by atoms with Crippen LogP contribution >= 0.6 is 0 Å². The van der Waals surface area contributed by atoms with Crippen LogP contribution in [-0.2, 0) is 10.2 Å². The van der Waals surface area contributed by atoms with Gasteiger partial charge >= 0.3 is 5.97 Å². The van der Waals surface area contributed by atoms with Gasteiger partial charge in [-0.3, -0.25) is 9.69 Å². The Hall–Kier alpha value is -2.44. The van der Waals surface area contributed by atoms with Crippen molar-refractivity contribution in [2.75, 3.05) is 33.5 Å². The Kier molecular flexibility index (Phi) is 7.38. The zero-order valence-corrected chi connectivity index (χ0v) is 18.0. The van der Waals surface area contributed by atoms with E-state index in [1.807, 2.05) is 30.3 Å². The molecule has 6 nitrogen and oxygen atoms in total. The average molecular weight is 421 g/mol. The highest BCUT2D eigenvalue weighted by Crippen LogP contribution is 2.39. The molecule has 0 bridgehead atoms. The quantitative estimate of drug-likeness (QED) is 0.714. The molecule has 158 valence electrons. The molecular formula is C22H27ClNO5-. The number of halogens is 1. The van der Waals surface area contributed by atoms with Crippen molar-refractivity contribution in [3.8, 4) is 28.4 Å². The molecular weight excluding hydrogens is 394 g/mol. The van der Waals surface area contributed by atoms with Crippen LogP contribution in [0.1, 0.15) is 26.3 Å². The van der Waals surface area contributed by atoms with E-state index in [4.69, 9.17) is 19.3 Å². The largest absolute Gasteiger partial charge is 1.00 e. The molecule has 0 amide bonds. The van der Waals surface area contributed by atoms with Crippen molar-refractivity contribution in [1.29, 1.82) is 0 Å². The monoisotopic (exact) mass is 420 g/mol. The van der Waals surface area contributed by atoms with Gasteiger partial charge in [-0.1, -0.05) is 32.9 Å². The first-order chi connectivity index (χ1) is 13.2. The maximum absolute atomic E-state index is 10.8. The number of likely N-dealkylation sites (N-methyl/N-ethyl adjacent to an activating group) is 1. The predicted molar refractivity (Wildman–Crippen MR) is 107 cm³/mol. The van der Waals surface area contributed by atoms with Crippen LogP contribution in [0.2, 0.25) is 0 Å². The topological polar surface area (TPSA) is 68.2 Å². The molecule has 0 unspecified atom stereocenters. The molecule has 1 N–H and O–H groups in total. The molecule has 7 heteroatoms. The number of hydrogen-bond donors (Lipinski definition) is 1. The lowest BCUT2D eigenvalue weighted by Gasteiger charge is -2.24. The minimum absolute atomic E-state index is 0. The van der Waals surface area contributed by atoms with E-state index in [1.54, 1.807) is 11.9 Å². The van der Waals surface area contributed by atoms with Gasteiger partial charge in [0.1, 0.15) is 12.4 Å². The molecule has 0 aliphatic carbocycles. The second kappa shape index (κ2) is 9.37. The number of carboxylic acid groups (broad SMARTS) is 1. The summed E-state index contributed by atoms with van der Waals surface area (Å²) in [6.45, 7) is 7.67. The molecule has 0 saturated carbocycles. The molecule has 29 heavy (non-hydrogen) atoms. The summed E-state index contributed by atoms with van der Waals surface area (Å²) >= 11 is 0. The number of aliphatic carboxylic acids is 1. The number of ether oxygens (including phenoxy) is 3. The van der Waals surface area contributed by atoms with Crippen LogP contribution in [0.4, 0.5) is 0 Å². The van der Waals surface area contributed by atoms with E-state index in [2.05, 4.69) is 26.8 Å². The number of rotatable bonds is 7. The molecule has 0 atom stereocenters. The molecule has 2 aromatic carbocycles. The highest BCUT2D eigenvalue weighted by molar-refractivity contribution is 5.70. The summed E-state index contributed by atoms with van der Waals surface area (Å²) in [6.07, 6.45) is 0. The fourth-order valence-corrected chi connectivity index (χ4v) is 3.12. The van der Waals surface area contributed by atoms with Crippen LogP contribution in [0.15, 0.2) is 36.4 Å². The van der Waals surface area contributed by atoms with Crippen molar-refractivity contribution in [1.82, 2.24) is 4.90 Å². The Morgan fingerprint density at radius 1 is 1.10 bits per heavy atom. The fraction of sp³-hybridized carbons (Fsp3) is 0.409. The minimum Gasteiger partial charge on any atom is -1.00 e. The van der Waals surface area contributed by atoms with Crippen molar-refractivity contribution in [2.24, 2.45) is 0 Å². The number of nitrogens with zero attached hydrogens (tertiary/aromatic N) is 1. The lowest BCUT2D eigenvalue weighted by molar-refractivity contribution is -0.138.